The van der Waals surface area contributed by atoms with Crippen molar-refractivity contribution in [2.24, 2.45) is 0 Å². The molecule has 5 heteroatoms. The van der Waals surface area contributed by atoms with Crippen molar-refractivity contribution in [1.82, 2.24) is 9.55 Å². The van der Waals surface area contributed by atoms with E-state index in [0.717, 1.165) is 5.56 Å². The Bertz CT molecular complexity index is 970. The van der Waals surface area contributed by atoms with Crippen molar-refractivity contribution in [1.29, 1.82) is 0 Å². The number of H-pyrrole nitrogens is 1. The number of hydrogen-bond acceptors (Lipinski definition) is 2. The Labute approximate surface area is 124 Å². The summed E-state index contributed by atoms with van der Waals surface area (Å²) in [6, 6.07) is 12.1. The van der Waals surface area contributed by atoms with Crippen LogP contribution < -0.4 is 11.2 Å². The molecule has 0 aliphatic carbocycles. The van der Waals surface area contributed by atoms with Crippen molar-refractivity contribution in [3.05, 3.63) is 80.5 Å². The van der Waals surface area contributed by atoms with Gasteiger partial charge < -0.3 is 0 Å². The van der Waals surface area contributed by atoms with Gasteiger partial charge in [0, 0.05) is 5.02 Å². The summed E-state index contributed by atoms with van der Waals surface area (Å²) in [5, 5.41) is 0.865. The quantitative estimate of drug-likeness (QED) is 0.791. The Kier molecular flexibility index (Phi) is 3.23. The Balaban J connectivity index is 2.46. The SMILES string of the molecule is C=Cc1cccc(-n2c(=O)[nH]c(=O)c3ccc(Cl)cc32)c1. The summed E-state index contributed by atoms with van der Waals surface area (Å²) < 4.78 is 1.43. The fourth-order valence-electron chi connectivity index (χ4n) is 2.26. The van der Waals surface area contributed by atoms with E-state index in [4.69, 9.17) is 11.6 Å². The number of aromatic nitrogens is 2. The van der Waals surface area contributed by atoms with Crippen LogP contribution >= 0.6 is 11.6 Å². The third-order valence-corrected chi connectivity index (χ3v) is 3.47. The lowest BCUT2D eigenvalue weighted by molar-refractivity contribution is 0.942. The number of nitrogens with one attached hydrogen (secondary N) is 1. The molecular formula is C16H11ClN2O2. The fraction of sp³-hybridized carbons (Fsp3) is 0. The predicted octanol–water partition coefficient (Wildman–Crippen LogP) is 2.98. The van der Waals surface area contributed by atoms with Gasteiger partial charge in [0.2, 0.25) is 0 Å². The number of nitrogens with zero attached hydrogens (tertiary/aromatic N) is 1. The molecule has 0 amide bonds. The summed E-state index contributed by atoms with van der Waals surface area (Å²) >= 11 is 6.00. The zero-order valence-corrected chi connectivity index (χ0v) is 11.7. The maximum absolute atomic E-state index is 12.2. The van der Waals surface area contributed by atoms with Crippen LogP contribution in [0.5, 0.6) is 0 Å². The maximum Gasteiger partial charge on any atom is 0.333 e. The van der Waals surface area contributed by atoms with Crippen LogP contribution in [0.1, 0.15) is 5.56 Å². The first-order chi connectivity index (χ1) is 10.1. The van der Waals surface area contributed by atoms with Crippen molar-refractivity contribution in [3.8, 4) is 5.69 Å². The average Bonchev–Trinajstić information content (AvgIpc) is 2.47. The van der Waals surface area contributed by atoms with Crippen molar-refractivity contribution in [2.45, 2.75) is 0 Å². The smallest absolute Gasteiger partial charge is 0.273 e. The van der Waals surface area contributed by atoms with E-state index in [9.17, 15) is 9.59 Å². The van der Waals surface area contributed by atoms with E-state index in [1.54, 1.807) is 30.3 Å². The van der Waals surface area contributed by atoms with Gasteiger partial charge in [0.1, 0.15) is 0 Å². The molecule has 0 spiro atoms. The first-order valence-electron chi connectivity index (χ1n) is 6.27. The second-order valence-corrected chi connectivity index (χ2v) is 4.99. The standard InChI is InChI=1S/C16H11ClN2O2/c1-2-10-4-3-5-12(8-10)19-14-9-11(17)6-7-13(14)15(20)18-16(19)21/h2-9H,1H2,(H,18,20,21). The largest absolute Gasteiger partial charge is 0.333 e. The van der Waals surface area contributed by atoms with Crippen LogP contribution in [0.2, 0.25) is 5.02 Å². The predicted molar refractivity (Wildman–Crippen MR) is 85.3 cm³/mol. The summed E-state index contributed by atoms with van der Waals surface area (Å²) in [6.07, 6.45) is 1.69. The molecule has 1 heterocycles. The molecule has 1 aromatic heterocycles. The van der Waals surface area contributed by atoms with Crippen molar-refractivity contribution >= 4 is 28.6 Å². The summed E-state index contributed by atoms with van der Waals surface area (Å²) in [5.41, 5.74) is 1.05. The Morgan fingerprint density at radius 3 is 2.71 bits per heavy atom. The van der Waals surface area contributed by atoms with Gasteiger partial charge in [-0.3, -0.25) is 14.3 Å². The van der Waals surface area contributed by atoms with Gasteiger partial charge >= 0.3 is 5.69 Å². The lowest BCUT2D eigenvalue weighted by atomic mass is 10.2. The first kappa shape index (κ1) is 13.4. The van der Waals surface area contributed by atoms with Gasteiger partial charge in [-0.2, -0.15) is 0 Å². The van der Waals surface area contributed by atoms with Crippen LogP contribution in [-0.4, -0.2) is 9.55 Å². The minimum absolute atomic E-state index is 0.406. The molecule has 3 aromatic rings. The van der Waals surface area contributed by atoms with E-state index in [-0.39, 0.29) is 0 Å². The fourth-order valence-corrected chi connectivity index (χ4v) is 2.43. The molecule has 0 radical (unpaired) electrons. The Hall–Kier alpha value is -2.59. The molecule has 0 saturated carbocycles. The molecule has 0 unspecified atom stereocenters. The van der Waals surface area contributed by atoms with Gasteiger partial charge in [0.25, 0.3) is 5.56 Å². The summed E-state index contributed by atoms with van der Waals surface area (Å²) in [6.45, 7) is 3.71. The minimum Gasteiger partial charge on any atom is -0.273 e. The maximum atomic E-state index is 12.2. The summed E-state index contributed by atoms with van der Waals surface area (Å²) in [4.78, 5) is 26.4. The molecule has 21 heavy (non-hydrogen) atoms. The highest BCUT2D eigenvalue weighted by Gasteiger charge is 2.09. The molecule has 3 rings (SSSR count). The first-order valence-corrected chi connectivity index (χ1v) is 6.65. The third kappa shape index (κ3) is 2.30. The van der Waals surface area contributed by atoms with Crippen LogP contribution in [0.4, 0.5) is 0 Å². The summed E-state index contributed by atoms with van der Waals surface area (Å²) in [5.74, 6) is 0. The van der Waals surface area contributed by atoms with Crippen LogP contribution in [0, 0.1) is 0 Å². The van der Waals surface area contributed by atoms with Gasteiger partial charge in [-0.1, -0.05) is 36.4 Å². The van der Waals surface area contributed by atoms with E-state index in [1.165, 1.54) is 4.57 Å². The number of rotatable bonds is 2. The van der Waals surface area contributed by atoms with Crippen LogP contribution in [0.3, 0.4) is 0 Å². The Morgan fingerprint density at radius 1 is 1.14 bits per heavy atom. The number of hydrogen-bond donors (Lipinski definition) is 1. The second kappa shape index (κ2) is 5.07. The topological polar surface area (TPSA) is 54.9 Å². The number of fused-ring (bicyclic) bond motifs is 1. The molecule has 4 nitrogen and oxygen atoms in total. The van der Waals surface area contributed by atoms with E-state index >= 15 is 0 Å². The van der Waals surface area contributed by atoms with E-state index in [1.807, 2.05) is 18.2 Å². The van der Waals surface area contributed by atoms with Crippen LogP contribution in [0.25, 0.3) is 22.7 Å². The number of halogens is 1. The van der Waals surface area contributed by atoms with Crippen LogP contribution in [-0.2, 0) is 0 Å². The molecule has 0 aliphatic heterocycles. The molecule has 104 valence electrons. The highest BCUT2D eigenvalue weighted by atomic mass is 35.5. The lowest BCUT2D eigenvalue weighted by Gasteiger charge is -2.10. The van der Waals surface area contributed by atoms with Crippen molar-refractivity contribution < 1.29 is 0 Å². The zero-order valence-electron chi connectivity index (χ0n) is 11.0. The average molecular weight is 299 g/mol. The molecular weight excluding hydrogens is 288 g/mol. The minimum atomic E-state index is -0.504. The number of aromatic amines is 1. The molecule has 0 saturated heterocycles. The highest BCUT2D eigenvalue weighted by molar-refractivity contribution is 6.31. The van der Waals surface area contributed by atoms with Gasteiger partial charge in [-0.05, 0) is 35.9 Å². The third-order valence-electron chi connectivity index (χ3n) is 3.23. The number of benzene rings is 2. The molecule has 1 N–H and O–H groups in total. The zero-order chi connectivity index (χ0) is 15.0. The van der Waals surface area contributed by atoms with Gasteiger partial charge in [-0.15, -0.1) is 0 Å². The van der Waals surface area contributed by atoms with Gasteiger partial charge in [-0.25, -0.2) is 4.79 Å². The van der Waals surface area contributed by atoms with Gasteiger partial charge in [0.05, 0.1) is 16.6 Å². The second-order valence-electron chi connectivity index (χ2n) is 4.56. The van der Waals surface area contributed by atoms with E-state index in [2.05, 4.69) is 11.6 Å². The van der Waals surface area contributed by atoms with Crippen molar-refractivity contribution in [3.63, 3.8) is 0 Å². The molecule has 0 atom stereocenters. The highest BCUT2D eigenvalue weighted by Crippen LogP contribution is 2.19. The lowest BCUT2D eigenvalue weighted by Crippen LogP contribution is -2.29. The van der Waals surface area contributed by atoms with E-state index in [0.29, 0.717) is 21.6 Å². The Morgan fingerprint density at radius 2 is 1.95 bits per heavy atom. The van der Waals surface area contributed by atoms with Crippen LogP contribution in [0.15, 0.2) is 58.6 Å². The van der Waals surface area contributed by atoms with Crippen molar-refractivity contribution in [2.75, 3.05) is 0 Å². The monoisotopic (exact) mass is 298 g/mol. The molecule has 0 aliphatic rings. The van der Waals surface area contributed by atoms with Gasteiger partial charge in [0.15, 0.2) is 0 Å². The molecule has 0 fully saturated rings. The molecule has 0 bridgehead atoms. The summed E-state index contributed by atoms with van der Waals surface area (Å²) in [7, 11) is 0. The molecule has 2 aromatic carbocycles. The van der Waals surface area contributed by atoms with E-state index < -0.39 is 11.2 Å². The normalized spacial score (nSPS) is 10.7.